The van der Waals surface area contributed by atoms with E-state index in [9.17, 15) is 14.7 Å². The number of carbonyl (C=O) groups excluding carboxylic acids is 2. The van der Waals surface area contributed by atoms with E-state index in [2.05, 4.69) is 83.4 Å². The number of rotatable bonds is 13. The van der Waals surface area contributed by atoms with Crippen molar-refractivity contribution in [1.82, 2.24) is 16.1 Å². The molecule has 2 amide bonds. The summed E-state index contributed by atoms with van der Waals surface area (Å²) in [4.78, 5) is 24.7. The molecule has 13 heteroatoms. The number of ether oxygens (including phenoxy) is 4. The van der Waals surface area contributed by atoms with Crippen LogP contribution in [0.5, 0.6) is 17.2 Å². The summed E-state index contributed by atoms with van der Waals surface area (Å²) in [7, 11) is 1.28. The molecule has 2 atom stereocenters. The number of fused-ring (bicyclic) bond motifs is 1. The summed E-state index contributed by atoms with van der Waals surface area (Å²) in [5.74, 6) is 0.822. The van der Waals surface area contributed by atoms with Crippen LogP contribution in [0.3, 0.4) is 0 Å². The molecule has 0 radical (unpaired) electrons. The van der Waals surface area contributed by atoms with Crippen molar-refractivity contribution >= 4 is 60.8 Å². The van der Waals surface area contributed by atoms with Gasteiger partial charge in [0.1, 0.15) is 19.0 Å². The topological polar surface area (TPSA) is 140 Å². The summed E-state index contributed by atoms with van der Waals surface area (Å²) >= 11 is 7.17. The molecule has 0 unspecified atom stereocenters. The van der Waals surface area contributed by atoms with E-state index in [0.717, 1.165) is 25.5 Å². The zero-order chi connectivity index (χ0) is 34.2. The smallest absolute Gasteiger partial charge is 0.337 e. The Kier molecular flexibility index (Phi) is 11.6. The van der Waals surface area contributed by atoms with Crippen LogP contribution in [0, 0.1) is 0 Å². The van der Waals surface area contributed by atoms with Gasteiger partial charge in [0.05, 0.1) is 40.5 Å². The fourth-order valence-electron chi connectivity index (χ4n) is 5.10. The Balaban J connectivity index is 1.18. The van der Waals surface area contributed by atoms with E-state index in [4.69, 9.17) is 18.9 Å². The van der Waals surface area contributed by atoms with E-state index >= 15 is 0 Å². The van der Waals surface area contributed by atoms with E-state index < -0.39 is 24.3 Å². The SMILES string of the molecule is CCOc1cc([C@H]2NC(=O)NC(C)=C2C(=O)OC)ccc1OC[C@H](O)N/N=C\c1cc(Br)c(OCc2ccc3ccccc3c2)c(Br)c1. The number of nitrogens with zero attached hydrogens (tertiary/aromatic N) is 1. The lowest BCUT2D eigenvalue weighted by Crippen LogP contribution is -2.45. The molecular formula is C35H34Br2N4O7. The lowest BCUT2D eigenvalue weighted by molar-refractivity contribution is -0.136. The van der Waals surface area contributed by atoms with Crippen LogP contribution in [-0.2, 0) is 16.1 Å². The molecule has 1 heterocycles. The normalized spacial score (nSPS) is 15.1. The minimum atomic E-state index is -1.15. The van der Waals surface area contributed by atoms with Crippen LogP contribution in [0.1, 0.15) is 36.6 Å². The van der Waals surface area contributed by atoms with Gasteiger partial charge in [0.15, 0.2) is 17.7 Å². The highest BCUT2D eigenvalue weighted by molar-refractivity contribution is 9.11. The molecule has 0 aromatic heterocycles. The van der Waals surface area contributed by atoms with E-state index in [0.29, 0.717) is 41.7 Å². The third kappa shape index (κ3) is 8.46. The van der Waals surface area contributed by atoms with E-state index in [-0.39, 0.29) is 12.2 Å². The first-order valence-corrected chi connectivity index (χ1v) is 16.6. The summed E-state index contributed by atoms with van der Waals surface area (Å²) in [5, 5.41) is 22.3. The van der Waals surface area contributed by atoms with Gasteiger partial charge in [-0.3, -0.25) is 5.43 Å². The van der Waals surface area contributed by atoms with Crippen LogP contribution in [-0.4, -0.2) is 49.9 Å². The Bertz CT molecular complexity index is 1860. The molecule has 4 aromatic carbocycles. The van der Waals surface area contributed by atoms with Gasteiger partial charge in [0.25, 0.3) is 0 Å². The summed E-state index contributed by atoms with van der Waals surface area (Å²) < 4.78 is 24.1. The Labute approximate surface area is 294 Å². The second kappa shape index (κ2) is 16.0. The maximum atomic E-state index is 12.5. The lowest BCUT2D eigenvalue weighted by Gasteiger charge is -2.28. The number of carbonyl (C=O) groups is 2. The van der Waals surface area contributed by atoms with Crippen LogP contribution in [0.15, 0.2) is 98.1 Å². The highest BCUT2D eigenvalue weighted by atomic mass is 79.9. The molecule has 0 saturated carbocycles. The number of hydrogen-bond acceptors (Lipinski definition) is 9. The molecule has 0 saturated heterocycles. The van der Waals surface area contributed by atoms with Crippen molar-refractivity contribution in [3.05, 3.63) is 110 Å². The highest BCUT2D eigenvalue weighted by Gasteiger charge is 2.32. The van der Waals surface area contributed by atoms with Gasteiger partial charge in [-0.1, -0.05) is 42.5 Å². The summed E-state index contributed by atoms with van der Waals surface area (Å²) in [6, 6.07) is 22.0. The number of halogens is 2. The molecule has 48 heavy (non-hydrogen) atoms. The molecule has 250 valence electrons. The van der Waals surface area contributed by atoms with Crippen LogP contribution < -0.4 is 30.3 Å². The number of hydrazone groups is 1. The van der Waals surface area contributed by atoms with E-state index in [1.54, 1.807) is 31.3 Å². The molecule has 0 spiro atoms. The molecule has 0 fully saturated rings. The molecule has 4 N–H and O–H groups in total. The fourth-order valence-corrected chi connectivity index (χ4v) is 6.55. The Morgan fingerprint density at radius 3 is 2.48 bits per heavy atom. The second-order valence-electron chi connectivity index (χ2n) is 10.7. The Hall–Kier alpha value is -4.59. The molecule has 1 aliphatic rings. The molecular weight excluding hydrogens is 748 g/mol. The maximum Gasteiger partial charge on any atom is 0.337 e. The van der Waals surface area contributed by atoms with Crippen LogP contribution >= 0.6 is 31.9 Å². The van der Waals surface area contributed by atoms with Crippen molar-refractivity contribution in [2.24, 2.45) is 5.10 Å². The first kappa shape index (κ1) is 34.7. The predicted molar refractivity (Wildman–Crippen MR) is 189 cm³/mol. The first-order valence-electron chi connectivity index (χ1n) is 15.0. The molecule has 4 aromatic rings. The number of methoxy groups -OCH3 is 1. The number of benzene rings is 4. The van der Waals surface area contributed by atoms with Gasteiger partial charge in [-0.05, 0) is 104 Å². The lowest BCUT2D eigenvalue weighted by atomic mass is 9.95. The van der Waals surface area contributed by atoms with Crippen molar-refractivity contribution in [2.75, 3.05) is 20.3 Å². The third-order valence-corrected chi connectivity index (χ3v) is 8.51. The number of nitrogens with one attached hydrogen (secondary N) is 3. The van der Waals surface area contributed by atoms with Gasteiger partial charge in [-0.15, -0.1) is 0 Å². The molecule has 11 nitrogen and oxygen atoms in total. The minimum Gasteiger partial charge on any atom is -0.490 e. The van der Waals surface area contributed by atoms with Crippen LogP contribution in [0.4, 0.5) is 4.79 Å². The van der Waals surface area contributed by atoms with Crippen LogP contribution in [0.25, 0.3) is 10.8 Å². The zero-order valence-electron chi connectivity index (χ0n) is 26.4. The number of urea groups is 1. The van der Waals surface area contributed by atoms with Gasteiger partial charge in [-0.25, -0.2) is 9.59 Å². The van der Waals surface area contributed by atoms with Crippen LogP contribution in [0.2, 0.25) is 0 Å². The minimum absolute atomic E-state index is 0.151. The molecule has 0 bridgehead atoms. The second-order valence-corrected chi connectivity index (χ2v) is 12.4. The zero-order valence-corrected chi connectivity index (χ0v) is 29.6. The van der Waals surface area contributed by atoms with Crippen molar-refractivity contribution in [3.63, 3.8) is 0 Å². The summed E-state index contributed by atoms with van der Waals surface area (Å²) in [6.45, 7) is 4.03. The average molecular weight is 782 g/mol. The Morgan fingerprint density at radius 1 is 1.00 bits per heavy atom. The molecule has 1 aliphatic heterocycles. The summed E-state index contributed by atoms with van der Waals surface area (Å²) in [6.07, 6.45) is 0.417. The van der Waals surface area contributed by atoms with Crippen molar-refractivity contribution in [1.29, 1.82) is 0 Å². The van der Waals surface area contributed by atoms with Gasteiger partial charge in [0, 0.05) is 5.70 Å². The van der Waals surface area contributed by atoms with E-state index in [1.807, 2.05) is 31.2 Å². The fraction of sp³-hybridized carbons (Fsp3) is 0.229. The first-order chi connectivity index (χ1) is 23.2. The summed E-state index contributed by atoms with van der Waals surface area (Å²) in [5.41, 5.74) is 5.71. The molecule has 5 rings (SSSR count). The predicted octanol–water partition coefficient (Wildman–Crippen LogP) is 6.46. The van der Waals surface area contributed by atoms with Gasteiger partial charge >= 0.3 is 12.0 Å². The number of amides is 2. The van der Waals surface area contributed by atoms with Gasteiger partial charge < -0.3 is 34.7 Å². The Morgan fingerprint density at radius 2 is 1.75 bits per heavy atom. The third-order valence-electron chi connectivity index (χ3n) is 7.33. The number of allylic oxidation sites excluding steroid dienone is 1. The number of esters is 1. The molecule has 0 aliphatic carbocycles. The van der Waals surface area contributed by atoms with E-state index in [1.165, 1.54) is 12.5 Å². The van der Waals surface area contributed by atoms with Crippen molar-refractivity contribution in [3.8, 4) is 17.2 Å². The average Bonchev–Trinajstić information content (AvgIpc) is 3.06. The largest absolute Gasteiger partial charge is 0.490 e. The van der Waals surface area contributed by atoms with Gasteiger partial charge in [-0.2, -0.15) is 5.10 Å². The highest BCUT2D eigenvalue weighted by Crippen LogP contribution is 2.36. The van der Waals surface area contributed by atoms with Crippen molar-refractivity contribution < 1.29 is 33.6 Å². The number of aliphatic hydroxyl groups excluding tert-OH is 1. The number of aliphatic hydroxyl groups is 1. The monoisotopic (exact) mass is 780 g/mol. The quantitative estimate of drug-likeness (QED) is 0.0525. The van der Waals surface area contributed by atoms with Crippen molar-refractivity contribution in [2.45, 2.75) is 32.7 Å². The number of hydrogen-bond donors (Lipinski definition) is 4. The standard InChI is InChI=1S/C35H34Br2N4O7/c1-4-46-29-16-25(32-31(34(43)45-3)20(2)39-35(44)40-32)11-12-28(29)47-19-30(42)41-38-17-22-14-26(36)33(27(37)15-22)48-18-21-9-10-23-7-5-6-8-24(23)13-21/h5-17,30,32,41-42H,4,18-19H2,1-3H3,(H2,39,40,44)/b38-17-/t30-,32+/m0/s1. The van der Waals surface area contributed by atoms with Gasteiger partial charge in [0.2, 0.25) is 0 Å². The maximum absolute atomic E-state index is 12.5.